The summed E-state index contributed by atoms with van der Waals surface area (Å²) in [7, 11) is 0. The third-order valence-corrected chi connectivity index (χ3v) is 5.25. The van der Waals surface area contributed by atoms with Crippen LogP contribution in [0.2, 0.25) is 0 Å². The van der Waals surface area contributed by atoms with E-state index in [1.807, 2.05) is 31.2 Å². The minimum Gasteiger partial charge on any atom is -0.337 e. The first-order valence-corrected chi connectivity index (χ1v) is 9.10. The number of anilines is 1. The highest BCUT2D eigenvalue weighted by Crippen LogP contribution is 2.29. The molecule has 1 aromatic rings. The maximum Gasteiger partial charge on any atom is 0.234 e. The molecule has 1 fully saturated rings. The zero-order valence-corrected chi connectivity index (χ0v) is 14.9. The first kappa shape index (κ1) is 18.3. The van der Waals surface area contributed by atoms with Gasteiger partial charge in [-0.3, -0.25) is 9.59 Å². The van der Waals surface area contributed by atoms with Crippen LogP contribution in [0.1, 0.15) is 46.0 Å². The summed E-state index contributed by atoms with van der Waals surface area (Å²) in [4.78, 5) is 24.4. The van der Waals surface area contributed by atoms with Gasteiger partial charge < -0.3 is 10.6 Å². The van der Waals surface area contributed by atoms with E-state index < -0.39 is 5.54 Å². The molecule has 0 unspecified atom stereocenters. The van der Waals surface area contributed by atoms with Gasteiger partial charge in [0, 0.05) is 17.5 Å². The second-order valence-electron chi connectivity index (χ2n) is 6.21. The van der Waals surface area contributed by atoms with Crippen LogP contribution in [0.4, 0.5) is 5.69 Å². The standard InChI is InChI=1S/C18H23N3O2S/c1-13(17(23)21-18(12-19)10-4-3-5-11-18)24-16-8-6-15(7-9-16)20-14(2)22/h6-9,13H,3-5,10-11H2,1-2H3,(H,20,22)(H,21,23)/t13-/m0/s1. The molecule has 0 spiro atoms. The number of carbonyl (C=O) groups excluding carboxylic acids is 2. The number of nitriles is 1. The summed E-state index contributed by atoms with van der Waals surface area (Å²) in [6, 6.07) is 9.69. The van der Waals surface area contributed by atoms with Gasteiger partial charge in [0.05, 0.1) is 11.3 Å². The second-order valence-corrected chi connectivity index (χ2v) is 7.62. The SMILES string of the molecule is CC(=O)Nc1ccc(S[C@@H](C)C(=O)NC2(C#N)CCCCC2)cc1. The lowest BCUT2D eigenvalue weighted by Gasteiger charge is -2.32. The summed E-state index contributed by atoms with van der Waals surface area (Å²) in [6.45, 7) is 3.31. The highest BCUT2D eigenvalue weighted by Gasteiger charge is 2.34. The molecule has 1 aliphatic carbocycles. The molecule has 2 amide bonds. The molecule has 6 heteroatoms. The molecule has 0 bridgehead atoms. The van der Waals surface area contributed by atoms with Crippen LogP contribution >= 0.6 is 11.8 Å². The first-order chi connectivity index (χ1) is 11.4. The maximum atomic E-state index is 12.5. The van der Waals surface area contributed by atoms with Crippen LogP contribution in [0.5, 0.6) is 0 Å². The number of amides is 2. The summed E-state index contributed by atoms with van der Waals surface area (Å²) < 4.78 is 0. The van der Waals surface area contributed by atoms with Crippen molar-refractivity contribution < 1.29 is 9.59 Å². The van der Waals surface area contributed by atoms with Crippen LogP contribution in [0.3, 0.4) is 0 Å². The monoisotopic (exact) mass is 345 g/mol. The van der Waals surface area contributed by atoms with E-state index >= 15 is 0 Å². The normalized spacial score (nSPS) is 17.4. The Balaban J connectivity index is 1.93. The highest BCUT2D eigenvalue weighted by atomic mass is 32.2. The van der Waals surface area contributed by atoms with E-state index in [0.29, 0.717) is 0 Å². The lowest BCUT2D eigenvalue weighted by atomic mass is 9.83. The van der Waals surface area contributed by atoms with E-state index in [0.717, 1.165) is 42.7 Å². The number of benzene rings is 1. The van der Waals surface area contributed by atoms with Gasteiger partial charge in [-0.25, -0.2) is 0 Å². The van der Waals surface area contributed by atoms with Crippen LogP contribution in [0.25, 0.3) is 0 Å². The van der Waals surface area contributed by atoms with Crippen LogP contribution in [-0.4, -0.2) is 22.6 Å². The number of nitrogens with one attached hydrogen (secondary N) is 2. The number of hydrogen-bond acceptors (Lipinski definition) is 4. The Morgan fingerprint density at radius 1 is 1.21 bits per heavy atom. The number of thioether (sulfide) groups is 1. The minimum absolute atomic E-state index is 0.102. The fourth-order valence-corrected chi connectivity index (χ4v) is 3.70. The molecule has 1 atom stereocenters. The van der Waals surface area contributed by atoms with Gasteiger partial charge in [-0.05, 0) is 44.0 Å². The lowest BCUT2D eigenvalue weighted by molar-refractivity contribution is -0.122. The number of carbonyl (C=O) groups is 2. The first-order valence-electron chi connectivity index (χ1n) is 8.22. The summed E-state index contributed by atoms with van der Waals surface area (Å²) in [5, 5.41) is 14.8. The minimum atomic E-state index is -0.695. The molecular formula is C18H23N3O2S. The van der Waals surface area contributed by atoms with Gasteiger partial charge in [-0.15, -0.1) is 11.8 Å². The lowest BCUT2D eigenvalue weighted by Crippen LogP contribution is -2.50. The Morgan fingerprint density at radius 2 is 1.83 bits per heavy atom. The summed E-state index contributed by atoms with van der Waals surface area (Å²) in [6.07, 6.45) is 4.57. The average molecular weight is 345 g/mol. The number of hydrogen-bond donors (Lipinski definition) is 2. The summed E-state index contributed by atoms with van der Waals surface area (Å²) >= 11 is 1.44. The fraction of sp³-hybridized carbons (Fsp3) is 0.500. The van der Waals surface area contributed by atoms with Crippen LogP contribution in [0, 0.1) is 11.3 Å². The zero-order chi connectivity index (χ0) is 17.6. The van der Waals surface area contributed by atoms with Crippen molar-refractivity contribution in [1.82, 2.24) is 5.32 Å². The van der Waals surface area contributed by atoms with Crippen molar-refractivity contribution in [2.75, 3.05) is 5.32 Å². The molecule has 1 aliphatic rings. The van der Waals surface area contributed by atoms with Crippen molar-refractivity contribution in [3.63, 3.8) is 0 Å². The maximum absolute atomic E-state index is 12.5. The van der Waals surface area contributed by atoms with E-state index in [9.17, 15) is 14.9 Å². The van der Waals surface area contributed by atoms with Gasteiger partial charge in [0.15, 0.2) is 0 Å². The molecule has 0 heterocycles. The van der Waals surface area contributed by atoms with Crippen molar-refractivity contribution in [2.45, 2.75) is 61.6 Å². The molecule has 0 radical (unpaired) electrons. The number of rotatable bonds is 5. The molecule has 0 aliphatic heterocycles. The molecule has 128 valence electrons. The van der Waals surface area contributed by atoms with E-state index in [1.165, 1.54) is 18.7 Å². The molecule has 2 N–H and O–H groups in total. The summed E-state index contributed by atoms with van der Waals surface area (Å²) in [5.41, 5.74) is 0.0361. The third kappa shape index (κ3) is 5.00. The van der Waals surface area contributed by atoms with Crippen LogP contribution in [0.15, 0.2) is 29.2 Å². The van der Waals surface area contributed by atoms with E-state index in [2.05, 4.69) is 16.7 Å². The molecule has 1 aromatic carbocycles. The van der Waals surface area contributed by atoms with Crippen molar-refractivity contribution in [3.8, 4) is 6.07 Å². The van der Waals surface area contributed by atoms with Gasteiger partial charge >= 0.3 is 0 Å². The predicted molar refractivity (Wildman–Crippen MR) is 95.6 cm³/mol. The van der Waals surface area contributed by atoms with Gasteiger partial charge in [-0.1, -0.05) is 19.3 Å². The molecular weight excluding hydrogens is 322 g/mol. The van der Waals surface area contributed by atoms with Crippen molar-refractivity contribution >= 4 is 29.3 Å². The van der Waals surface area contributed by atoms with Crippen molar-refractivity contribution in [3.05, 3.63) is 24.3 Å². The van der Waals surface area contributed by atoms with E-state index in [1.54, 1.807) is 0 Å². The van der Waals surface area contributed by atoms with Gasteiger partial charge in [-0.2, -0.15) is 5.26 Å². The van der Waals surface area contributed by atoms with Gasteiger partial charge in [0.2, 0.25) is 11.8 Å². The molecule has 0 saturated heterocycles. The second kappa shape index (κ2) is 8.20. The molecule has 1 saturated carbocycles. The van der Waals surface area contributed by atoms with Crippen molar-refractivity contribution in [1.29, 1.82) is 5.26 Å². The topological polar surface area (TPSA) is 82.0 Å². The quantitative estimate of drug-likeness (QED) is 0.801. The molecule has 2 rings (SSSR count). The third-order valence-electron chi connectivity index (χ3n) is 4.14. The fourth-order valence-electron chi connectivity index (χ4n) is 2.84. The highest BCUT2D eigenvalue weighted by molar-refractivity contribution is 8.00. The average Bonchev–Trinajstić information content (AvgIpc) is 2.57. The van der Waals surface area contributed by atoms with Crippen LogP contribution in [-0.2, 0) is 9.59 Å². The largest absolute Gasteiger partial charge is 0.337 e. The summed E-state index contributed by atoms with van der Waals surface area (Å²) in [5.74, 6) is -0.216. The zero-order valence-electron chi connectivity index (χ0n) is 14.1. The molecule has 24 heavy (non-hydrogen) atoms. The number of nitrogens with zero attached hydrogens (tertiary/aromatic N) is 1. The Hall–Kier alpha value is -2.00. The Kier molecular flexibility index (Phi) is 6.27. The van der Waals surface area contributed by atoms with Crippen molar-refractivity contribution in [2.24, 2.45) is 0 Å². The van der Waals surface area contributed by atoms with Gasteiger partial charge in [0.1, 0.15) is 5.54 Å². The molecule has 0 aromatic heterocycles. The predicted octanol–water partition coefficient (Wildman–Crippen LogP) is 3.47. The molecule has 5 nitrogen and oxygen atoms in total. The van der Waals surface area contributed by atoms with E-state index in [-0.39, 0.29) is 17.1 Å². The Morgan fingerprint density at radius 3 is 2.38 bits per heavy atom. The van der Waals surface area contributed by atoms with Gasteiger partial charge in [0.25, 0.3) is 0 Å². The Labute approximate surface area is 147 Å². The van der Waals surface area contributed by atoms with E-state index in [4.69, 9.17) is 0 Å². The Bertz CT molecular complexity index is 631. The van der Waals surface area contributed by atoms with Crippen LogP contribution < -0.4 is 10.6 Å². The smallest absolute Gasteiger partial charge is 0.234 e.